The maximum absolute atomic E-state index is 12.2. The Hall–Kier alpha value is -3.59. The molecule has 1 amide bonds. The second-order valence-electron chi connectivity index (χ2n) is 6.81. The van der Waals surface area contributed by atoms with Gasteiger partial charge in [0.1, 0.15) is 17.4 Å². The summed E-state index contributed by atoms with van der Waals surface area (Å²) in [5.74, 6) is 0.966. The van der Waals surface area contributed by atoms with E-state index in [1.165, 1.54) is 0 Å². The predicted molar refractivity (Wildman–Crippen MR) is 108 cm³/mol. The fourth-order valence-corrected chi connectivity index (χ4v) is 3.14. The Morgan fingerprint density at radius 1 is 1.21 bits per heavy atom. The molecule has 142 valence electrons. The van der Waals surface area contributed by atoms with Crippen LogP contribution in [0.25, 0.3) is 5.88 Å². The predicted octanol–water partition coefficient (Wildman–Crippen LogP) is 4.25. The Labute approximate surface area is 164 Å². The lowest BCUT2D eigenvalue weighted by molar-refractivity contribution is 0.0955. The van der Waals surface area contributed by atoms with Gasteiger partial charge in [0.05, 0.1) is 6.21 Å². The largest absolute Gasteiger partial charge is 0.443 e. The topological polar surface area (TPSA) is 83.3 Å². The van der Waals surface area contributed by atoms with Gasteiger partial charge in [0.15, 0.2) is 0 Å². The lowest BCUT2D eigenvalue weighted by Crippen LogP contribution is -2.17. The molecule has 0 spiro atoms. The second-order valence-corrected chi connectivity index (χ2v) is 6.81. The number of nitrogens with one attached hydrogen (secondary N) is 1. The van der Waals surface area contributed by atoms with Crippen molar-refractivity contribution in [1.29, 1.82) is 5.26 Å². The molecule has 0 fully saturated rings. The van der Waals surface area contributed by atoms with Crippen LogP contribution in [0.3, 0.4) is 0 Å². The number of benzene rings is 1. The normalized spacial score (nSPS) is 11.0. The molecule has 0 aliphatic rings. The number of carbonyl (C=O) groups is 1. The van der Waals surface area contributed by atoms with Crippen molar-refractivity contribution in [2.24, 2.45) is 5.10 Å². The van der Waals surface area contributed by atoms with Crippen LogP contribution < -0.4 is 5.43 Å². The van der Waals surface area contributed by atoms with Crippen molar-refractivity contribution >= 4 is 12.1 Å². The summed E-state index contributed by atoms with van der Waals surface area (Å²) in [6, 6.07) is 11.5. The van der Waals surface area contributed by atoms with Crippen molar-refractivity contribution in [3.8, 4) is 12.0 Å². The first kappa shape index (κ1) is 19.2. The number of hydrazone groups is 1. The molecule has 0 bridgehead atoms. The smallest absolute Gasteiger partial charge is 0.271 e. The van der Waals surface area contributed by atoms with Crippen LogP contribution in [0.1, 0.15) is 49.8 Å². The maximum Gasteiger partial charge on any atom is 0.271 e. The summed E-state index contributed by atoms with van der Waals surface area (Å²) < 4.78 is 7.73. The average Bonchev–Trinajstić information content (AvgIpc) is 3.09. The van der Waals surface area contributed by atoms with Crippen molar-refractivity contribution in [3.63, 3.8) is 0 Å². The highest BCUT2D eigenvalue weighted by molar-refractivity contribution is 5.95. The van der Waals surface area contributed by atoms with Gasteiger partial charge in [-0.25, -0.2) is 5.43 Å². The molecule has 6 nitrogen and oxygen atoms in total. The molecule has 0 radical (unpaired) electrons. The molecule has 0 aliphatic carbocycles. The number of furan rings is 1. The van der Waals surface area contributed by atoms with E-state index >= 15 is 0 Å². The van der Waals surface area contributed by atoms with Gasteiger partial charge in [-0.15, -0.1) is 0 Å². The first-order valence-electron chi connectivity index (χ1n) is 8.93. The van der Waals surface area contributed by atoms with E-state index in [1.54, 1.807) is 12.3 Å². The number of hydrogen-bond acceptors (Lipinski definition) is 4. The number of aryl methyl sites for hydroxylation is 3. The zero-order chi connectivity index (χ0) is 20.4. The number of nitriles is 1. The maximum atomic E-state index is 12.2. The molecule has 28 heavy (non-hydrogen) atoms. The summed E-state index contributed by atoms with van der Waals surface area (Å²) in [7, 11) is 0. The minimum absolute atomic E-state index is 0.266. The van der Waals surface area contributed by atoms with Crippen molar-refractivity contribution < 1.29 is 9.21 Å². The Bertz CT molecular complexity index is 1130. The molecule has 0 saturated carbocycles. The number of amides is 1. The van der Waals surface area contributed by atoms with E-state index in [0.717, 1.165) is 33.8 Å². The van der Waals surface area contributed by atoms with Crippen LogP contribution in [0.2, 0.25) is 0 Å². The fraction of sp³-hybridized carbons (Fsp3) is 0.227. The van der Waals surface area contributed by atoms with Crippen molar-refractivity contribution in [1.82, 2.24) is 9.99 Å². The third-order valence-corrected chi connectivity index (χ3v) is 4.80. The average molecular weight is 374 g/mol. The van der Waals surface area contributed by atoms with Gasteiger partial charge in [0.2, 0.25) is 5.88 Å². The zero-order valence-corrected chi connectivity index (χ0v) is 16.6. The van der Waals surface area contributed by atoms with Gasteiger partial charge >= 0.3 is 0 Å². The molecule has 0 saturated heterocycles. The molecular formula is C22H22N4O2. The summed E-state index contributed by atoms with van der Waals surface area (Å²) in [6.07, 6.45) is 1.60. The fourth-order valence-electron chi connectivity index (χ4n) is 3.14. The lowest BCUT2D eigenvalue weighted by Gasteiger charge is -2.06. The lowest BCUT2D eigenvalue weighted by atomic mass is 10.1. The Morgan fingerprint density at radius 3 is 2.64 bits per heavy atom. The zero-order valence-electron chi connectivity index (χ0n) is 16.6. The summed E-state index contributed by atoms with van der Waals surface area (Å²) in [4.78, 5) is 12.2. The molecule has 3 rings (SSSR count). The van der Waals surface area contributed by atoms with Gasteiger partial charge in [-0.2, -0.15) is 10.4 Å². The van der Waals surface area contributed by atoms with Crippen molar-refractivity contribution in [2.75, 3.05) is 0 Å². The minimum Gasteiger partial charge on any atom is -0.443 e. The van der Waals surface area contributed by atoms with E-state index in [1.807, 2.05) is 63.5 Å². The van der Waals surface area contributed by atoms with Crippen LogP contribution >= 0.6 is 0 Å². The highest BCUT2D eigenvalue weighted by Crippen LogP contribution is 2.28. The Morgan fingerprint density at radius 2 is 1.96 bits per heavy atom. The van der Waals surface area contributed by atoms with E-state index in [2.05, 4.69) is 16.6 Å². The monoisotopic (exact) mass is 374 g/mol. The summed E-state index contributed by atoms with van der Waals surface area (Å²) in [5, 5.41) is 13.6. The van der Waals surface area contributed by atoms with Crippen LogP contribution in [0.5, 0.6) is 0 Å². The molecule has 3 aromatic rings. The second kappa shape index (κ2) is 7.57. The van der Waals surface area contributed by atoms with Gasteiger partial charge in [0, 0.05) is 28.1 Å². The summed E-state index contributed by atoms with van der Waals surface area (Å²) >= 11 is 0. The molecule has 0 atom stereocenters. The first-order chi connectivity index (χ1) is 13.3. The third-order valence-electron chi connectivity index (χ3n) is 4.80. The SMILES string of the molecule is Cc1cccc(C(=O)N/N=C\c2cc(C)n(-c3oc(C)c(C)c3C#N)c2C)c1. The Balaban J connectivity index is 1.87. The van der Waals surface area contributed by atoms with Gasteiger partial charge in [-0.1, -0.05) is 17.7 Å². The molecule has 2 aromatic heterocycles. The molecular weight excluding hydrogens is 352 g/mol. The van der Waals surface area contributed by atoms with Crippen LogP contribution in [0, 0.1) is 45.9 Å². The number of hydrogen-bond donors (Lipinski definition) is 1. The van der Waals surface area contributed by atoms with Gasteiger partial charge in [-0.05, 0) is 52.8 Å². The standard InChI is InChI=1S/C22H22N4O2/c1-13-7-6-8-18(9-13)21(27)25-24-12-19-10-14(2)26(16(19)4)22-20(11-23)15(3)17(5)28-22/h6-10,12H,1-5H3,(H,25,27)/b24-12-. The van der Waals surface area contributed by atoms with Crippen molar-refractivity contribution in [3.05, 3.63) is 75.3 Å². The van der Waals surface area contributed by atoms with Crippen LogP contribution in [-0.2, 0) is 0 Å². The van der Waals surface area contributed by atoms with E-state index in [9.17, 15) is 10.1 Å². The highest BCUT2D eigenvalue weighted by Gasteiger charge is 2.20. The van der Waals surface area contributed by atoms with Crippen LogP contribution in [0.4, 0.5) is 0 Å². The van der Waals surface area contributed by atoms with E-state index in [0.29, 0.717) is 17.0 Å². The minimum atomic E-state index is -0.266. The number of carbonyl (C=O) groups excluding carboxylic acids is 1. The molecule has 0 unspecified atom stereocenters. The van der Waals surface area contributed by atoms with Gasteiger partial charge in [0.25, 0.3) is 5.91 Å². The van der Waals surface area contributed by atoms with Crippen LogP contribution in [0.15, 0.2) is 39.9 Å². The number of aromatic nitrogens is 1. The Kier molecular flexibility index (Phi) is 5.18. The van der Waals surface area contributed by atoms with E-state index in [4.69, 9.17) is 4.42 Å². The number of nitrogens with zero attached hydrogens (tertiary/aromatic N) is 3. The van der Waals surface area contributed by atoms with Gasteiger partial charge in [-0.3, -0.25) is 9.36 Å². The van der Waals surface area contributed by atoms with Gasteiger partial charge < -0.3 is 4.42 Å². The van der Waals surface area contributed by atoms with Crippen LogP contribution in [-0.4, -0.2) is 16.7 Å². The molecule has 2 heterocycles. The third kappa shape index (κ3) is 3.47. The molecule has 1 aromatic carbocycles. The van der Waals surface area contributed by atoms with E-state index in [-0.39, 0.29) is 5.91 Å². The first-order valence-corrected chi connectivity index (χ1v) is 8.93. The highest BCUT2D eigenvalue weighted by atomic mass is 16.4. The molecule has 0 aliphatic heterocycles. The molecule has 1 N–H and O–H groups in total. The molecule has 6 heteroatoms. The van der Waals surface area contributed by atoms with Crippen molar-refractivity contribution in [2.45, 2.75) is 34.6 Å². The number of rotatable bonds is 4. The summed E-state index contributed by atoms with van der Waals surface area (Å²) in [5.41, 5.74) is 8.10. The van der Waals surface area contributed by atoms with E-state index < -0.39 is 0 Å². The summed E-state index contributed by atoms with van der Waals surface area (Å²) in [6.45, 7) is 9.51. The quantitative estimate of drug-likeness (QED) is 0.547.